The Hall–Kier alpha value is -0.340. The van der Waals surface area contributed by atoms with Crippen LogP contribution in [-0.2, 0) is 4.74 Å². The van der Waals surface area contributed by atoms with E-state index in [0.29, 0.717) is 6.61 Å². The molecule has 0 unspecified atom stereocenters. The third kappa shape index (κ3) is 1.53. The van der Waals surface area contributed by atoms with Crippen LogP contribution < -0.4 is 0 Å². The lowest BCUT2D eigenvalue weighted by Crippen LogP contribution is -2.21. The zero-order valence-corrected chi connectivity index (χ0v) is 5.58. The minimum absolute atomic E-state index is 0.0815. The molecule has 1 heterocycles. The van der Waals surface area contributed by atoms with Gasteiger partial charge in [-0.1, -0.05) is 13.0 Å². The zero-order valence-electron chi connectivity index (χ0n) is 5.58. The van der Waals surface area contributed by atoms with E-state index in [-0.39, 0.29) is 18.1 Å². The van der Waals surface area contributed by atoms with Gasteiger partial charge in [0, 0.05) is 5.92 Å². The Morgan fingerprint density at radius 3 is 2.78 bits per heavy atom. The van der Waals surface area contributed by atoms with Crippen LogP contribution in [0.25, 0.3) is 0 Å². The predicted octanol–water partition coefficient (Wildman–Crippen LogP) is 0.568. The van der Waals surface area contributed by atoms with Gasteiger partial charge in [-0.3, -0.25) is 0 Å². The van der Waals surface area contributed by atoms with E-state index in [2.05, 4.69) is 6.58 Å². The normalized spacial score (nSPS) is 31.1. The maximum Gasteiger partial charge on any atom is 0.107 e. The van der Waals surface area contributed by atoms with Crippen molar-refractivity contribution in [2.24, 2.45) is 5.92 Å². The maximum absolute atomic E-state index is 9.26. The van der Waals surface area contributed by atoms with Crippen LogP contribution in [0.5, 0.6) is 0 Å². The van der Waals surface area contributed by atoms with Gasteiger partial charge in [0.05, 0.1) is 12.7 Å². The topological polar surface area (TPSA) is 32.8 Å². The molecule has 2 nitrogen and oxygen atoms in total. The highest BCUT2D eigenvalue weighted by atomic mass is 16.6. The molecule has 1 saturated heterocycles. The number of ether oxygens (including phenoxy) is 1. The summed E-state index contributed by atoms with van der Waals surface area (Å²) in [7, 11) is 0. The summed E-state index contributed by atoms with van der Waals surface area (Å²) in [5, 5.41) is 9.26. The molecule has 9 heavy (non-hydrogen) atoms. The van der Waals surface area contributed by atoms with E-state index >= 15 is 0 Å². The lowest BCUT2D eigenvalue weighted by molar-refractivity contribution is 0.103. The molecule has 1 aliphatic heterocycles. The lowest BCUT2D eigenvalue weighted by atomic mass is 10.0. The fraction of sp³-hybridized carbons (Fsp3) is 0.714. The second-order valence-electron chi connectivity index (χ2n) is 2.46. The maximum atomic E-state index is 9.26. The van der Waals surface area contributed by atoms with E-state index < -0.39 is 0 Å². The molecule has 0 spiro atoms. The Morgan fingerprint density at radius 1 is 1.89 bits per heavy atom. The highest BCUT2D eigenvalue weighted by Gasteiger charge is 2.33. The largest absolute Gasteiger partial charge is 0.390 e. The average molecular weight is 128 g/mol. The van der Waals surface area contributed by atoms with Gasteiger partial charge in [-0.2, -0.15) is 0 Å². The van der Waals surface area contributed by atoms with Crippen LogP contribution in [0.2, 0.25) is 0 Å². The molecule has 0 aliphatic carbocycles. The fourth-order valence-electron chi connectivity index (χ4n) is 0.731. The summed E-state index contributed by atoms with van der Waals surface area (Å²) < 4.78 is 4.90. The molecule has 0 saturated carbocycles. The second-order valence-corrected chi connectivity index (χ2v) is 2.46. The van der Waals surface area contributed by atoms with Gasteiger partial charge in [0.25, 0.3) is 0 Å². The SMILES string of the molecule is C=C[C@@H](C)[C@@H](O)[C@H]1CO1. The molecule has 1 fully saturated rings. The Balaban J connectivity index is 2.30. The molecule has 3 atom stereocenters. The predicted molar refractivity (Wildman–Crippen MR) is 35.1 cm³/mol. The molecule has 0 aromatic rings. The first-order valence-corrected chi connectivity index (χ1v) is 3.18. The van der Waals surface area contributed by atoms with Gasteiger partial charge in [0.15, 0.2) is 0 Å². The Labute approximate surface area is 55.1 Å². The summed E-state index contributed by atoms with van der Waals surface area (Å²) >= 11 is 0. The number of aliphatic hydroxyl groups excluding tert-OH is 1. The second kappa shape index (κ2) is 2.50. The van der Waals surface area contributed by atoms with Crippen LogP contribution in [0.3, 0.4) is 0 Å². The van der Waals surface area contributed by atoms with Gasteiger partial charge in [-0.25, -0.2) is 0 Å². The summed E-state index contributed by atoms with van der Waals surface area (Å²) in [6.45, 7) is 6.21. The number of hydrogen-bond acceptors (Lipinski definition) is 2. The molecule has 0 amide bonds. The van der Waals surface area contributed by atoms with E-state index in [1.165, 1.54) is 0 Å². The first kappa shape index (κ1) is 6.78. The monoisotopic (exact) mass is 128 g/mol. The van der Waals surface area contributed by atoms with Crippen molar-refractivity contribution in [3.8, 4) is 0 Å². The summed E-state index contributed by atoms with van der Waals surface area (Å²) in [4.78, 5) is 0. The minimum Gasteiger partial charge on any atom is -0.390 e. The highest BCUT2D eigenvalue weighted by molar-refractivity contribution is 4.89. The summed E-state index contributed by atoms with van der Waals surface area (Å²) in [5.74, 6) is 0.150. The number of epoxide rings is 1. The first-order chi connectivity index (χ1) is 4.25. The van der Waals surface area contributed by atoms with Gasteiger partial charge >= 0.3 is 0 Å². The van der Waals surface area contributed by atoms with E-state index in [9.17, 15) is 5.11 Å². The quantitative estimate of drug-likeness (QED) is 0.445. The molecule has 0 bridgehead atoms. The van der Waals surface area contributed by atoms with Gasteiger partial charge in [-0.05, 0) is 0 Å². The Kier molecular flexibility index (Phi) is 1.88. The summed E-state index contributed by atoms with van der Waals surface area (Å²) in [6.07, 6.45) is 1.48. The van der Waals surface area contributed by atoms with E-state index in [1.54, 1.807) is 6.08 Å². The fourth-order valence-corrected chi connectivity index (χ4v) is 0.731. The van der Waals surface area contributed by atoms with Crippen molar-refractivity contribution in [1.82, 2.24) is 0 Å². The summed E-state index contributed by atoms with van der Waals surface area (Å²) in [6, 6.07) is 0. The Morgan fingerprint density at radius 2 is 2.44 bits per heavy atom. The molecule has 1 rings (SSSR count). The van der Waals surface area contributed by atoms with Crippen molar-refractivity contribution >= 4 is 0 Å². The van der Waals surface area contributed by atoms with Gasteiger partial charge in [-0.15, -0.1) is 6.58 Å². The molecule has 0 aromatic carbocycles. The van der Waals surface area contributed by atoms with Crippen molar-refractivity contribution in [2.45, 2.75) is 19.1 Å². The van der Waals surface area contributed by atoms with Crippen molar-refractivity contribution in [1.29, 1.82) is 0 Å². The van der Waals surface area contributed by atoms with Crippen molar-refractivity contribution in [3.05, 3.63) is 12.7 Å². The number of rotatable bonds is 3. The molecule has 0 aromatic heterocycles. The van der Waals surface area contributed by atoms with Crippen molar-refractivity contribution in [2.75, 3.05) is 6.61 Å². The van der Waals surface area contributed by atoms with E-state index in [1.807, 2.05) is 6.92 Å². The van der Waals surface area contributed by atoms with Crippen LogP contribution in [0.15, 0.2) is 12.7 Å². The molecule has 52 valence electrons. The van der Waals surface area contributed by atoms with Gasteiger partial charge in [0.2, 0.25) is 0 Å². The molecule has 0 radical (unpaired) electrons. The molecular weight excluding hydrogens is 116 g/mol. The van der Waals surface area contributed by atoms with Crippen LogP contribution in [0.1, 0.15) is 6.92 Å². The van der Waals surface area contributed by atoms with Crippen LogP contribution in [0.4, 0.5) is 0 Å². The van der Waals surface area contributed by atoms with E-state index in [0.717, 1.165) is 0 Å². The highest BCUT2D eigenvalue weighted by Crippen LogP contribution is 2.20. The van der Waals surface area contributed by atoms with E-state index in [4.69, 9.17) is 4.74 Å². The van der Waals surface area contributed by atoms with Gasteiger partial charge < -0.3 is 9.84 Å². The van der Waals surface area contributed by atoms with Crippen molar-refractivity contribution in [3.63, 3.8) is 0 Å². The molecule has 2 heteroatoms. The standard InChI is InChI=1S/C7H12O2/c1-3-5(2)7(8)6-4-9-6/h3,5-8H,1,4H2,2H3/t5-,6-,7-/m1/s1. The minimum atomic E-state index is -0.345. The average Bonchev–Trinajstić information content (AvgIpc) is 2.66. The molecular formula is C7H12O2. The van der Waals surface area contributed by atoms with Crippen LogP contribution in [-0.4, -0.2) is 23.9 Å². The smallest absolute Gasteiger partial charge is 0.107 e. The summed E-state index contributed by atoms with van der Waals surface area (Å²) in [5.41, 5.74) is 0. The van der Waals surface area contributed by atoms with Crippen molar-refractivity contribution < 1.29 is 9.84 Å². The first-order valence-electron chi connectivity index (χ1n) is 3.18. The number of hydrogen-bond donors (Lipinski definition) is 1. The zero-order chi connectivity index (χ0) is 6.85. The Bertz CT molecular complexity index is 107. The lowest BCUT2D eigenvalue weighted by Gasteiger charge is -2.10. The number of aliphatic hydroxyl groups is 1. The van der Waals surface area contributed by atoms with Crippen LogP contribution >= 0.6 is 0 Å². The third-order valence-corrected chi connectivity index (χ3v) is 1.65. The third-order valence-electron chi connectivity index (χ3n) is 1.65. The molecule has 1 N–H and O–H groups in total. The molecule has 1 aliphatic rings. The van der Waals surface area contributed by atoms with Crippen LogP contribution in [0, 0.1) is 5.92 Å². The van der Waals surface area contributed by atoms with Gasteiger partial charge in [0.1, 0.15) is 6.10 Å².